The summed E-state index contributed by atoms with van der Waals surface area (Å²) in [6.07, 6.45) is -5.27. The first-order chi connectivity index (χ1) is 14.7. The van der Waals surface area contributed by atoms with Crippen LogP contribution in [0.1, 0.15) is 22.8 Å². The number of benzene rings is 1. The molecule has 1 heterocycles. The zero-order chi connectivity index (χ0) is 23.4. The van der Waals surface area contributed by atoms with Crippen molar-refractivity contribution >= 4 is 18.0 Å². The summed E-state index contributed by atoms with van der Waals surface area (Å²) < 4.78 is 15.7. The fraction of sp³-hybridized carbons (Fsp3) is 0.500. The minimum Gasteiger partial charge on any atom is -0.461 e. The first-order valence-corrected chi connectivity index (χ1v) is 8.93. The molecule has 172 valence electrons. The average molecular weight is 444 g/mol. The van der Waals surface area contributed by atoms with Crippen LogP contribution in [0, 0.1) is 0 Å². The molecule has 0 aromatic heterocycles. The predicted molar refractivity (Wildman–Crippen MR) is 97.8 cm³/mol. The predicted octanol–water partition coefficient (Wildman–Crippen LogP) is -2.40. The second-order valence-corrected chi connectivity index (χ2v) is 6.19. The molecular formula is C18H24N2O11. The summed E-state index contributed by atoms with van der Waals surface area (Å²) in [6, 6.07) is 4.47. The van der Waals surface area contributed by atoms with Gasteiger partial charge in [0.15, 0.2) is 0 Å². The van der Waals surface area contributed by atoms with E-state index in [1.807, 2.05) is 0 Å². The largest absolute Gasteiger partial charge is 0.461 e. The number of hydrogen-bond donors (Lipinski definition) is 5. The SMILES string of the molecule is CC(=O)OCc1ccc(O[C@@H]2OC[C@@H](O)[C@H](O)[C@H]2O)c(C(=O)NCCON)c1.O=C=O. The Labute approximate surface area is 176 Å². The third-order valence-electron chi connectivity index (χ3n) is 3.93. The molecule has 1 aliphatic heterocycles. The normalized spacial score (nSPS) is 22.4. The molecule has 0 aliphatic carbocycles. The van der Waals surface area contributed by atoms with Crippen LogP contribution in [0.3, 0.4) is 0 Å². The van der Waals surface area contributed by atoms with Crippen molar-refractivity contribution in [1.29, 1.82) is 0 Å². The minimum atomic E-state index is -1.52. The highest BCUT2D eigenvalue weighted by atomic mass is 16.7. The Bertz CT molecular complexity index is 767. The number of aliphatic hydroxyl groups excluding tert-OH is 3. The summed E-state index contributed by atoms with van der Waals surface area (Å²) in [6.45, 7) is 1.19. The van der Waals surface area contributed by atoms with Crippen LogP contribution in [0.25, 0.3) is 0 Å². The summed E-state index contributed by atoms with van der Waals surface area (Å²) in [5.74, 6) is 3.99. The molecule has 1 fully saturated rings. The summed E-state index contributed by atoms with van der Waals surface area (Å²) in [5.41, 5.74) is 0.612. The number of ether oxygens (including phenoxy) is 3. The minimum absolute atomic E-state index is 0.0464. The Morgan fingerprint density at radius 1 is 1.26 bits per heavy atom. The van der Waals surface area contributed by atoms with Gasteiger partial charge in [-0.2, -0.15) is 9.59 Å². The number of carbonyl (C=O) groups is 2. The monoisotopic (exact) mass is 444 g/mol. The van der Waals surface area contributed by atoms with Crippen LogP contribution in [0.5, 0.6) is 5.75 Å². The topological polar surface area (TPSA) is 204 Å². The van der Waals surface area contributed by atoms with Gasteiger partial charge in [-0.3, -0.25) is 9.59 Å². The van der Waals surface area contributed by atoms with Crippen molar-refractivity contribution in [2.45, 2.75) is 38.1 Å². The molecule has 0 unspecified atom stereocenters. The highest BCUT2D eigenvalue weighted by molar-refractivity contribution is 5.97. The van der Waals surface area contributed by atoms with Crippen LogP contribution in [-0.2, 0) is 35.3 Å². The summed E-state index contributed by atoms with van der Waals surface area (Å²) in [5, 5.41) is 31.9. The molecule has 4 atom stereocenters. The van der Waals surface area contributed by atoms with Crippen molar-refractivity contribution < 1.29 is 53.5 Å². The van der Waals surface area contributed by atoms with E-state index < -0.39 is 36.5 Å². The zero-order valence-corrected chi connectivity index (χ0v) is 16.6. The van der Waals surface area contributed by atoms with Gasteiger partial charge >= 0.3 is 12.1 Å². The maximum absolute atomic E-state index is 12.5. The van der Waals surface area contributed by atoms with Crippen molar-refractivity contribution in [3.63, 3.8) is 0 Å². The molecule has 1 aromatic rings. The van der Waals surface area contributed by atoms with Gasteiger partial charge in [-0.05, 0) is 17.7 Å². The van der Waals surface area contributed by atoms with E-state index in [9.17, 15) is 24.9 Å². The summed E-state index contributed by atoms with van der Waals surface area (Å²) in [7, 11) is 0. The molecule has 6 N–H and O–H groups in total. The number of esters is 1. The van der Waals surface area contributed by atoms with Crippen LogP contribution >= 0.6 is 0 Å². The van der Waals surface area contributed by atoms with Gasteiger partial charge in [0.1, 0.15) is 30.7 Å². The second kappa shape index (κ2) is 13.4. The first kappa shape index (κ1) is 26.1. The number of aliphatic hydroxyl groups is 3. The van der Waals surface area contributed by atoms with E-state index in [1.54, 1.807) is 6.07 Å². The molecule has 1 aromatic carbocycles. The molecular weight excluding hydrogens is 420 g/mol. The van der Waals surface area contributed by atoms with Crippen LogP contribution < -0.4 is 16.0 Å². The van der Waals surface area contributed by atoms with Gasteiger partial charge in [0, 0.05) is 13.5 Å². The lowest BCUT2D eigenvalue weighted by molar-refractivity contribution is -0.242. The van der Waals surface area contributed by atoms with Gasteiger partial charge in [0.2, 0.25) is 6.29 Å². The standard InChI is InChI=1S/C17H24N2O9.CO2/c1-9(20)25-7-10-2-3-13(11(6-10)16(24)19-4-5-27-18)28-17-15(23)14(22)12(21)8-26-17;2-1-3/h2-3,6,12,14-15,17,21-23H,4-5,7-8,18H2,1H3,(H,19,24);/t12-,14+,15-,17+;/m1./s1. The van der Waals surface area contributed by atoms with Crippen molar-refractivity contribution in [1.82, 2.24) is 5.32 Å². The summed E-state index contributed by atoms with van der Waals surface area (Å²) in [4.78, 5) is 44.1. The fourth-order valence-electron chi connectivity index (χ4n) is 2.46. The number of carbonyl (C=O) groups excluding carboxylic acids is 4. The van der Waals surface area contributed by atoms with Crippen LogP contribution in [-0.4, -0.2) is 77.7 Å². The van der Waals surface area contributed by atoms with E-state index in [-0.39, 0.29) is 43.8 Å². The highest BCUT2D eigenvalue weighted by Gasteiger charge is 2.39. The highest BCUT2D eigenvalue weighted by Crippen LogP contribution is 2.25. The lowest BCUT2D eigenvalue weighted by atomic mass is 10.1. The molecule has 31 heavy (non-hydrogen) atoms. The molecule has 1 aliphatic rings. The smallest absolute Gasteiger partial charge is 0.373 e. The van der Waals surface area contributed by atoms with Gasteiger partial charge < -0.3 is 39.7 Å². The lowest BCUT2D eigenvalue weighted by Gasteiger charge is -2.35. The third kappa shape index (κ3) is 8.39. The van der Waals surface area contributed by atoms with Crippen LogP contribution in [0.15, 0.2) is 18.2 Å². The number of amides is 1. The summed E-state index contributed by atoms with van der Waals surface area (Å²) >= 11 is 0. The maximum Gasteiger partial charge on any atom is 0.373 e. The molecule has 0 radical (unpaired) electrons. The molecule has 2 rings (SSSR count). The van der Waals surface area contributed by atoms with E-state index in [1.165, 1.54) is 19.1 Å². The Morgan fingerprint density at radius 2 is 1.94 bits per heavy atom. The van der Waals surface area contributed by atoms with Crippen LogP contribution in [0.2, 0.25) is 0 Å². The van der Waals surface area contributed by atoms with E-state index in [2.05, 4.69) is 10.2 Å². The van der Waals surface area contributed by atoms with E-state index in [0.717, 1.165) is 0 Å². The molecule has 0 bridgehead atoms. The van der Waals surface area contributed by atoms with Gasteiger partial charge in [-0.1, -0.05) is 6.07 Å². The molecule has 1 saturated heterocycles. The molecule has 13 heteroatoms. The van der Waals surface area contributed by atoms with E-state index in [0.29, 0.717) is 5.56 Å². The second-order valence-electron chi connectivity index (χ2n) is 6.19. The van der Waals surface area contributed by atoms with Crippen molar-refractivity contribution in [2.75, 3.05) is 19.8 Å². The Kier molecular flexibility index (Phi) is 11.3. The third-order valence-corrected chi connectivity index (χ3v) is 3.93. The molecule has 13 nitrogen and oxygen atoms in total. The molecule has 1 amide bonds. The maximum atomic E-state index is 12.5. The quantitative estimate of drug-likeness (QED) is 0.162. The Morgan fingerprint density at radius 3 is 2.55 bits per heavy atom. The van der Waals surface area contributed by atoms with E-state index in [4.69, 9.17) is 29.7 Å². The number of rotatable bonds is 8. The van der Waals surface area contributed by atoms with Crippen molar-refractivity contribution in [2.24, 2.45) is 5.90 Å². The Balaban J connectivity index is 0.00000151. The molecule has 0 saturated carbocycles. The fourth-order valence-corrected chi connectivity index (χ4v) is 2.46. The number of nitrogens with one attached hydrogen (secondary N) is 1. The van der Waals surface area contributed by atoms with E-state index >= 15 is 0 Å². The van der Waals surface area contributed by atoms with Crippen molar-refractivity contribution in [3.05, 3.63) is 29.3 Å². The number of hydrogen-bond acceptors (Lipinski definition) is 12. The van der Waals surface area contributed by atoms with Crippen LogP contribution in [0.4, 0.5) is 0 Å². The van der Waals surface area contributed by atoms with Gasteiger partial charge in [0.05, 0.1) is 18.8 Å². The number of nitrogens with two attached hydrogens (primary N) is 1. The lowest BCUT2D eigenvalue weighted by Crippen LogP contribution is -2.54. The van der Waals surface area contributed by atoms with Crippen molar-refractivity contribution in [3.8, 4) is 5.75 Å². The zero-order valence-electron chi connectivity index (χ0n) is 16.6. The van der Waals surface area contributed by atoms with Gasteiger partial charge in [-0.25, -0.2) is 5.90 Å². The molecule has 0 spiro atoms. The first-order valence-electron chi connectivity index (χ1n) is 8.93. The Hall–Kier alpha value is -2.90. The van der Waals surface area contributed by atoms with Gasteiger partial charge in [0.25, 0.3) is 5.91 Å². The average Bonchev–Trinajstić information content (AvgIpc) is 2.74. The van der Waals surface area contributed by atoms with Gasteiger partial charge in [-0.15, -0.1) is 0 Å².